The van der Waals surface area contributed by atoms with Gasteiger partial charge in [0.05, 0.1) is 4.47 Å². The quantitative estimate of drug-likeness (QED) is 0.900. The van der Waals surface area contributed by atoms with E-state index in [9.17, 15) is 14.0 Å². The summed E-state index contributed by atoms with van der Waals surface area (Å²) in [6.07, 6.45) is 0.267. The van der Waals surface area contributed by atoms with E-state index in [1.165, 1.54) is 6.07 Å². The van der Waals surface area contributed by atoms with Gasteiger partial charge in [-0.15, -0.1) is 0 Å². The Morgan fingerprint density at radius 1 is 1.47 bits per heavy atom. The number of halogens is 2. The summed E-state index contributed by atoms with van der Waals surface area (Å²) in [7, 11) is 0. The summed E-state index contributed by atoms with van der Waals surface area (Å²) in [4.78, 5) is 25.1. The van der Waals surface area contributed by atoms with Gasteiger partial charge in [0.15, 0.2) is 0 Å². The lowest BCUT2D eigenvalue weighted by atomic mass is 10.2. The van der Waals surface area contributed by atoms with Gasteiger partial charge in [-0.3, -0.25) is 9.59 Å². The fraction of sp³-hybridized carbons (Fsp3) is 0.385. The number of benzene rings is 1. The molecular weight excluding hydrogens is 315 g/mol. The summed E-state index contributed by atoms with van der Waals surface area (Å²) in [5, 5.41) is 2.62. The van der Waals surface area contributed by atoms with Gasteiger partial charge in [0.2, 0.25) is 11.8 Å². The minimum absolute atomic E-state index is 0.137. The molecule has 6 heteroatoms. The minimum atomic E-state index is -0.540. The maximum Gasteiger partial charge on any atom is 0.245 e. The normalized spacial score (nSPS) is 20.2. The van der Waals surface area contributed by atoms with Crippen LogP contribution < -0.4 is 5.32 Å². The Morgan fingerprint density at radius 3 is 2.95 bits per heavy atom. The monoisotopic (exact) mass is 328 g/mol. The van der Waals surface area contributed by atoms with Gasteiger partial charge in [-0.25, -0.2) is 4.39 Å². The second-order valence-electron chi connectivity index (χ2n) is 4.51. The van der Waals surface area contributed by atoms with Crippen LogP contribution in [0.5, 0.6) is 0 Å². The third kappa shape index (κ3) is 3.12. The van der Waals surface area contributed by atoms with Crippen molar-refractivity contribution in [3.63, 3.8) is 0 Å². The molecule has 19 heavy (non-hydrogen) atoms. The predicted molar refractivity (Wildman–Crippen MR) is 71.7 cm³/mol. The summed E-state index contributed by atoms with van der Waals surface area (Å²) in [6.45, 7) is 2.29. The minimum Gasteiger partial charge on any atom is -0.345 e. The lowest BCUT2D eigenvalue weighted by molar-refractivity contribution is -0.133. The van der Waals surface area contributed by atoms with Crippen LogP contribution in [-0.4, -0.2) is 29.3 Å². The van der Waals surface area contributed by atoms with Gasteiger partial charge in [0, 0.05) is 19.5 Å². The topological polar surface area (TPSA) is 49.4 Å². The smallest absolute Gasteiger partial charge is 0.245 e. The zero-order valence-corrected chi connectivity index (χ0v) is 12.0. The van der Waals surface area contributed by atoms with Crippen molar-refractivity contribution in [1.29, 1.82) is 0 Å². The summed E-state index contributed by atoms with van der Waals surface area (Å²) < 4.78 is 13.8. The molecule has 0 aliphatic carbocycles. The Kier molecular flexibility index (Phi) is 4.19. The van der Waals surface area contributed by atoms with Crippen LogP contribution in [0.2, 0.25) is 0 Å². The second-order valence-corrected chi connectivity index (χ2v) is 5.30. The van der Waals surface area contributed by atoms with E-state index in [1.54, 1.807) is 24.0 Å². The van der Waals surface area contributed by atoms with E-state index in [2.05, 4.69) is 21.2 Å². The molecule has 0 spiro atoms. The highest BCUT2D eigenvalue weighted by molar-refractivity contribution is 9.10. The summed E-state index contributed by atoms with van der Waals surface area (Å²) in [6, 6.07) is 4.17. The molecule has 1 unspecified atom stereocenters. The number of carbonyl (C=O) groups is 2. The van der Waals surface area contributed by atoms with Crippen molar-refractivity contribution in [1.82, 2.24) is 10.2 Å². The molecule has 1 aromatic rings. The van der Waals surface area contributed by atoms with E-state index in [-0.39, 0.29) is 30.6 Å². The van der Waals surface area contributed by atoms with Crippen molar-refractivity contribution in [2.45, 2.75) is 25.9 Å². The zero-order chi connectivity index (χ0) is 14.0. The Labute approximate surface area is 119 Å². The molecule has 1 fully saturated rings. The molecule has 1 aliphatic rings. The number of rotatable bonds is 2. The number of nitrogens with zero attached hydrogens (tertiary/aromatic N) is 1. The molecule has 1 atom stereocenters. The molecule has 2 rings (SSSR count). The van der Waals surface area contributed by atoms with Crippen molar-refractivity contribution >= 4 is 27.7 Å². The first-order valence-electron chi connectivity index (χ1n) is 6.00. The lowest BCUT2D eigenvalue weighted by Crippen LogP contribution is -2.42. The first kappa shape index (κ1) is 14.0. The number of amides is 2. The molecule has 1 N–H and O–H groups in total. The van der Waals surface area contributed by atoms with Crippen molar-refractivity contribution in [2.24, 2.45) is 0 Å². The van der Waals surface area contributed by atoms with Crippen LogP contribution in [-0.2, 0) is 16.1 Å². The van der Waals surface area contributed by atoms with Gasteiger partial charge in [0.1, 0.15) is 11.9 Å². The van der Waals surface area contributed by atoms with Gasteiger partial charge >= 0.3 is 0 Å². The van der Waals surface area contributed by atoms with Crippen molar-refractivity contribution < 1.29 is 14.0 Å². The maximum atomic E-state index is 13.4. The average Bonchev–Trinajstić information content (AvgIpc) is 2.48. The van der Waals surface area contributed by atoms with Gasteiger partial charge in [-0.1, -0.05) is 12.1 Å². The Morgan fingerprint density at radius 2 is 2.21 bits per heavy atom. The Hall–Kier alpha value is -1.43. The molecule has 1 heterocycles. The SMILES string of the molecule is CC1NC(=O)CCN(Cc2cccc(F)c2Br)C1=O. The maximum absolute atomic E-state index is 13.4. The number of hydrogen-bond donors (Lipinski definition) is 1. The highest BCUT2D eigenvalue weighted by Crippen LogP contribution is 2.22. The first-order valence-corrected chi connectivity index (χ1v) is 6.79. The van der Waals surface area contributed by atoms with Gasteiger partial charge in [-0.2, -0.15) is 0 Å². The van der Waals surface area contributed by atoms with E-state index < -0.39 is 6.04 Å². The molecule has 0 aromatic heterocycles. The number of nitrogens with one attached hydrogen (secondary N) is 1. The molecule has 0 saturated carbocycles. The van der Waals surface area contributed by atoms with Crippen LogP contribution in [0.25, 0.3) is 0 Å². The molecular formula is C13H14BrFN2O2. The van der Waals surface area contributed by atoms with Crippen LogP contribution in [0.3, 0.4) is 0 Å². The third-order valence-corrected chi connectivity index (χ3v) is 3.95. The largest absolute Gasteiger partial charge is 0.345 e. The van der Waals surface area contributed by atoms with Crippen LogP contribution in [0.1, 0.15) is 18.9 Å². The lowest BCUT2D eigenvalue weighted by Gasteiger charge is -2.23. The number of hydrogen-bond acceptors (Lipinski definition) is 2. The molecule has 102 valence electrons. The van der Waals surface area contributed by atoms with Crippen LogP contribution in [0.4, 0.5) is 4.39 Å². The molecule has 0 bridgehead atoms. The summed E-state index contributed by atoms with van der Waals surface area (Å²) >= 11 is 3.18. The van der Waals surface area contributed by atoms with Crippen molar-refractivity contribution in [3.8, 4) is 0 Å². The van der Waals surface area contributed by atoms with E-state index in [0.717, 1.165) is 0 Å². The Bertz CT molecular complexity index is 521. The zero-order valence-electron chi connectivity index (χ0n) is 10.5. The summed E-state index contributed by atoms with van der Waals surface area (Å²) in [5.74, 6) is -0.648. The standard InChI is InChI=1S/C13H14BrFN2O2/c1-8-13(19)17(6-5-11(18)16-8)7-9-3-2-4-10(15)12(9)14/h2-4,8H,5-7H2,1H3,(H,16,18). The average molecular weight is 329 g/mol. The molecule has 4 nitrogen and oxygen atoms in total. The molecule has 1 aromatic carbocycles. The van der Waals surface area contributed by atoms with Gasteiger partial charge in [-0.05, 0) is 34.5 Å². The third-order valence-electron chi connectivity index (χ3n) is 3.06. The molecule has 1 aliphatic heterocycles. The van der Waals surface area contributed by atoms with E-state index in [1.807, 2.05) is 0 Å². The Balaban J connectivity index is 2.19. The molecule has 1 saturated heterocycles. The van der Waals surface area contributed by atoms with E-state index >= 15 is 0 Å². The van der Waals surface area contributed by atoms with Gasteiger partial charge in [0.25, 0.3) is 0 Å². The van der Waals surface area contributed by atoms with E-state index in [4.69, 9.17) is 0 Å². The fourth-order valence-electron chi connectivity index (χ4n) is 2.03. The molecule has 0 radical (unpaired) electrons. The van der Waals surface area contributed by atoms with Crippen molar-refractivity contribution in [3.05, 3.63) is 34.1 Å². The highest BCUT2D eigenvalue weighted by Gasteiger charge is 2.26. The fourth-order valence-corrected chi connectivity index (χ4v) is 2.42. The van der Waals surface area contributed by atoms with Crippen LogP contribution in [0.15, 0.2) is 22.7 Å². The van der Waals surface area contributed by atoms with Gasteiger partial charge < -0.3 is 10.2 Å². The molecule has 2 amide bonds. The summed E-state index contributed by atoms with van der Waals surface area (Å²) in [5.41, 5.74) is 0.690. The van der Waals surface area contributed by atoms with Crippen molar-refractivity contribution in [2.75, 3.05) is 6.54 Å². The van der Waals surface area contributed by atoms with Crippen LogP contribution in [0, 0.1) is 5.82 Å². The first-order chi connectivity index (χ1) is 8.99. The van der Waals surface area contributed by atoms with E-state index in [0.29, 0.717) is 16.6 Å². The highest BCUT2D eigenvalue weighted by atomic mass is 79.9. The predicted octanol–water partition coefficient (Wildman–Crippen LogP) is 1.83. The van der Waals surface area contributed by atoms with Crippen LogP contribution >= 0.6 is 15.9 Å². The second kappa shape index (κ2) is 5.69. The number of carbonyl (C=O) groups excluding carboxylic acids is 2.